The molecule has 0 N–H and O–H groups in total. The molecule has 0 aromatic carbocycles. The van der Waals surface area contributed by atoms with Crippen LogP contribution in [0.5, 0.6) is 0 Å². The van der Waals surface area contributed by atoms with Gasteiger partial charge in [0.15, 0.2) is 6.10 Å². The zero-order valence-electron chi connectivity index (χ0n) is 9.22. The summed E-state index contributed by atoms with van der Waals surface area (Å²) in [7, 11) is 0. The Morgan fingerprint density at radius 2 is 1.30 bits per heavy atom. The third-order valence-corrected chi connectivity index (χ3v) is 1.87. The molecule has 0 saturated carbocycles. The first-order valence-electron chi connectivity index (χ1n) is 4.49. The van der Waals surface area contributed by atoms with E-state index in [1.807, 2.05) is 0 Å². The summed E-state index contributed by atoms with van der Waals surface area (Å²) in [6.07, 6.45) is -20.2. The minimum atomic E-state index is -6.07. The fourth-order valence-corrected chi connectivity index (χ4v) is 0.821. The summed E-state index contributed by atoms with van der Waals surface area (Å²) in [6.45, 7) is -0.0540. The van der Waals surface area contributed by atoms with Crippen LogP contribution in [0.25, 0.3) is 0 Å². The normalized spacial score (nSPS) is 18.4. The van der Waals surface area contributed by atoms with E-state index in [9.17, 15) is 48.3 Å². The molecule has 0 saturated heterocycles. The van der Waals surface area contributed by atoms with Crippen LogP contribution in [0.4, 0.5) is 48.3 Å². The van der Waals surface area contributed by atoms with Crippen molar-refractivity contribution in [2.75, 3.05) is 0 Å². The monoisotopic (exact) mass is 326 g/mol. The van der Waals surface area contributed by atoms with E-state index in [1.165, 1.54) is 0 Å². The molecule has 0 rings (SSSR count). The molecule has 0 spiro atoms. The highest BCUT2D eigenvalue weighted by atomic mass is 19.4. The summed E-state index contributed by atoms with van der Waals surface area (Å²) in [5, 5.41) is 0. The summed E-state index contributed by atoms with van der Waals surface area (Å²) in [6, 6.07) is -3.22. The van der Waals surface area contributed by atoms with Gasteiger partial charge in [0.05, 0.1) is 0 Å². The van der Waals surface area contributed by atoms with E-state index < -0.39 is 42.4 Å². The van der Waals surface area contributed by atoms with Crippen LogP contribution in [-0.2, 0) is 4.74 Å². The standard InChI is InChI=1S/C8H5F11O/c1-2(6(12,13)5(11)8(17,18)19)20-4(10)3(9)7(14,15)16/h2,5H,1H3. The van der Waals surface area contributed by atoms with E-state index in [-0.39, 0.29) is 6.92 Å². The largest absolute Gasteiger partial charge is 0.459 e. The van der Waals surface area contributed by atoms with Gasteiger partial charge in [0.25, 0.3) is 12.0 Å². The van der Waals surface area contributed by atoms with Gasteiger partial charge in [0, 0.05) is 0 Å². The lowest BCUT2D eigenvalue weighted by molar-refractivity contribution is -0.269. The minimum absolute atomic E-state index is 0.0540. The van der Waals surface area contributed by atoms with E-state index in [0.717, 1.165) is 0 Å². The van der Waals surface area contributed by atoms with Crippen molar-refractivity contribution >= 4 is 0 Å². The van der Waals surface area contributed by atoms with Crippen LogP contribution in [0.15, 0.2) is 11.8 Å². The zero-order valence-corrected chi connectivity index (χ0v) is 9.22. The molecule has 0 fully saturated rings. The van der Waals surface area contributed by atoms with E-state index in [1.54, 1.807) is 0 Å². The molecule has 12 heteroatoms. The van der Waals surface area contributed by atoms with Crippen LogP contribution in [0.3, 0.4) is 0 Å². The minimum Gasteiger partial charge on any atom is -0.459 e. The van der Waals surface area contributed by atoms with Crippen molar-refractivity contribution in [3.63, 3.8) is 0 Å². The summed E-state index contributed by atoms with van der Waals surface area (Å²) in [5.74, 6) is -9.00. The molecule has 0 aliphatic carbocycles. The number of halogens is 11. The van der Waals surface area contributed by atoms with Crippen LogP contribution >= 0.6 is 0 Å². The van der Waals surface area contributed by atoms with E-state index in [4.69, 9.17) is 0 Å². The number of hydrogen-bond donors (Lipinski definition) is 0. The fraction of sp³-hybridized carbons (Fsp3) is 0.750. The quantitative estimate of drug-likeness (QED) is 0.542. The van der Waals surface area contributed by atoms with Gasteiger partial charge in [0.1, 0.15) is 0 Å². The first-order valence-corrected chi connectivity index (χ1v) is 4.49. The zero-order chi connectivity index (χ0) is 16.5. The molecule has 1 nitrogen and oxygen atoms in total. The maximum Gasteiger partial charge on any atom is 0.449 e. The molecule has 2 atom stereocenters. The predicted octanol–water partition coefficient (Wildman–Crippen LogP) is 4.60. The van der Waals surface area contributed by atoms with Gasteiger partial charge in [-0.15, -0.1) is 0 Å². The Kier molecular flexibility index (Phi) is 5.29. The summed E-state index contributed by atoms with van der Waals surface area (Å²) in [5.41, 5.74) is 0. The van der Waals surface area contributed by atoms with Crippen LogP contribution in [0, 0.1) is 0 Å². The van der Waals surface area contributed by atoms with Crippen molar-refractivity contribution in [1.82, 2.24) is 0 Å². The lowest BCUT2D eigenvalue weighted by Gasteiger charge is -2.27. The van der Waals surface area contributed by atoms with Crippen LogP contribution in [-0.4, -0.2) is 30.6 Å². The molecule has 0 heterocycles. The molecule has 0 amide bonds. The number of allylic oxidation sites excluding steroid dienone is 1. The molecular formula is C8H5F11O. The van der Waals surface area contributed by atoms with E-state index in [0.29, 0.717) is 0 Å². The molecule has 120 valence electrons. The Hall–Kier alpha value is -1.23. The molecule has 0 aliphatic heterocycles. The maximum absolute atomic E-state index is 12.8. The first-order chi connectivity index (χ1) is 8.61. The predicted molar refractivity (Wildman–Crippen MR) is 41.7 cm³/mol. The van der Waals surface area contributed by atoms with Crippen LogP contribution in [0.2, 0.25) is 0 Å². The van der Waals surface area contributed by atoms with Crippen molar-refractivity contribution in [2.24, 2.45) is 0 Å². The highest BCUT2D eigenvalue weighted by molar-refractivity contribution is 5.01. The lowest BCUT2D eigenvalue weighted by atomic mass is 10.1. The molecule has 0 aromatic rings. The lowest BCUT2D eigenvalue weighted by Crippen LogP contribution is -2.49. The van der Waals surface area contributed by atoms with Gasteiger partial charge >= 0.3 is 24.3 Å². The van der Waals surface area contributed by atoms with Crippen molar-refractivity contribution in [3.05, 3.63) is 11.8 Å². The Morgan fingerprint density at radius 1 is 0.900 bits per heavy atom. The second-order valence-electron chi connectivity index (χ2n) is 3.42. The molecule has 0 bridgehead atoms. The number of ether oxygens (including phenoxy) is 1. The first kappa shape index (κ1) is 18.8. The van der Waals surface area contributed by atoms with Crippen molar-refractivity contribution < 1.29 is 53.0 Å². The average molecular weight is 326 g/mol. The van der Waals surface area contributed by atoms with Gasteiger partial charge < -0.3 is 4.74 Å². The van der Waals surface area contributed by atoms with Gasteiger partial charge in [-0.1, -0.05) is 0 Å². The molecule has 0 aliphatic rings. The molecular weight excluding hydrogens is 321 g/mol. The third-order valence-electron chi connectivity index (χ3n) is 1.87. The third kappa shape index (κ3) is 4.40. The average Bonchev–Trinajstić information content (AvgIpc) is 2.23. The van der Waals surface area contributed by atoms with Crippen molar-refractivity contribution in [1.29, 1.82) is 0 Å². The van der Waals surface area contributed by atoms with Crippen molar-refractivity contribution in [2.45, 2.75) is 37.5 Å². The molecule has 20 heavy (non-hydrogen) atoms. The Labute approximate surface area is 104 Å². The van der Waals surface area contributed by atoms with Crippen molar-refractivity contribution in [3.8, 4) is 0 Å². The van der Waals surface area contributed by atoms with Gasteiger partial charge in [0.2, 0.25) is 0 Å². The summed E-state index contributed by atoms with van der Waals surface area (Å²) < 4.78 is 136. The second kappa shape index (κ2) is 5.64. The van der Waals surface area contributed by atoms with E-state index >= 15 is 0 Å². The van der Waals surface area contributed by atoms with Crippen LogP contribution in [0.1, 0.15) is 6.92 Å². The second-order valence-corrected chi connectivity index (χ2v) is 3.42. The Bertz CT molecular complexity index is 366. The molecule has 0 aromatic heterocycles. The molecule has 0 radical (unpaired) electrons. The number of hydrogen-bond acceptors (Lipinski definition) is 1. The Morgan fingerprint density at radius 3 is 1.60 bits per heavy atom. The smallest absolute Gasteiger partial charge is 0.449 e. The Balaban J connectivity index is 5.16. The number of rotatable bonds is 4. The SMILES string of the molecule is CC(OC(F)=C(F)C(F)(F)F)C(F)(F)C(F)C(F)(F)F. The van der Waals surface area contributed by atoms with Gasteiger partial charge in [-0.25, -0.2) is 4.39 Å². The summed E-state index contributed by atoms with van der Waals surface area (Å²) in [4.78, 5) is 0. The summed E-state index contributed by atoms with van der Waals surface area (Å²) >= 11 is 0. The maximum atomic E-state index is 12.8. The fourth-order valence-electron chi connectivity index (χ4n) is 0.821. The van der Waals surface area contributed by atoms with E-state index in [2.05, 4.69) is 4.74 Å². The number of alkyl halides is 9. The highest BCUT2D eigenvalue weighted by Gasteiger charge is 2.60. The topological polar surface area (TPSA) is 9.23 Å². The van der Waals surface area contributed by atoms with Gasteiger partial charge in [-0.05, 0) is 6.92 Å². The molecule has 2 unspecified atom stereocenters. The van der Waals surface area contributed by atoms with Gasteiger partial charge in [-0.2, -0.15) is 43.9 Å². The highest BCUT2D eigenvalue weighted by Crippen LogP contribution is 2.39. The van der Waals surface area contributed by atoms with Crippen LogP contribution < -0.4 is 0 Å². The van der Waals surface area contributed by atoms with Gasteiger partial charge in [-0.3, -0.25) is 0 Å².